The van der Waals surface area contributed by atoms with Crippen molar-refractivity contribution in [1.82, 2.24) is 19.5 Å². The molecule has 0 aliphatic rings. The molecule has 4 nitrogen and oxygen atoms in total. The molecule has 10 aromatic carbocycles. The second kappa shape index (κ2) is 19.3. The van der Waals surface area contributed by atoms with Gasteiger partial charge in [-0.05, 0) is 91.5 Å². The van der Waals surface area contributed by atoms with E-state index in [-0.39, 0.29) is 17.2 Å². The van der Waals surface area contributed by atoms with Gasteiger partial charge in [-0.2, -0.15) is 26.3 Å². The third kappa shape index (κ3) is 8.73. The molecule has 0 fully saturated rings. The van der Waals surface area contributed by atoms with E-state index >= 15 is 0 Å². The molecule has 12 aromatic rings. The van der Waals surface area contributed by atoms with Crippen LogP contribution in [-0.2, 0) is 12.4 Å². The van der Waals surface area contributed by atoms with Crippen molar-refractivity contribution in [2.24, 2.45) is 0 Å². The number of rotatable bonds is 10. The zero-order valence-electron chi connectivity index (χ0n) is 40.3. The van der Waals surface area contributed by atoms with Gasteiger partial charge < -0.3 is 4.57 Å². The van der Waals surface area contributed by atoms with Crippen molar-refractivity contribution in [1.29, 1.82) is 0 Å². The highest BCUT2D eigenvalue weighted by Crippen LogP contribution is 2.42. The van der Waals surface area contributed by atoms with Crippen LogP contribution in [0.15, 0.2) is 255 Å². The average molecular weight is 1020 g/mol. The Bertz CT molecular complexity index is 3890. The van der Waals surface area contributed by atoms with E-state index < -0.39 is 31.6 Å². The molecule has 0 N–H and O–H groups in total. The molecule has 12 rings (SSSR count). The van der Waals surface area contributed by atoms with Crippen LogP contribution >= 0.6 is 0 Å². The maximum atomic E-state index is 14.2. The van der Waals surface area contributed by atoms with Gasteiger partial charge in [0.25, 0.3) is 0 Å². The summed E-state index contributed by atoms with van der Waals surface area (Å²) in [5, 5.41) is 6.31. The average Bonchev–Trinajstić information content (AvgIpc) is 3.89. The minimum atomic E-state index is -5.02. The largest absolute Gasteiger partial charge is 0.416 e. The molecule has 368 valence electrons. The summed E-state index contributed by atoms with van der Waals surface area (Å²) < 4.78 is 87.5. The number of fused-ring (bicyclic) bond motifs is 3. The first-order valence-electron chi connectivity index (χ1n) is 24.6. The van der Waals surface area contributed by atoms with Gasteiger partial charge in [-0.3, -0.25) is 0 Å². The number of benzene rings is 10. The van der Waals surface area contributed by atoms with Gasteiger partial charge in [-0.15, -0.1) is 0 Å². The Morgan fingerprint density at radius 3 is 1.30 bits per heavy atom. The second-order valence-electron chi connectivity index (χ2n) is 18.6. The lowest BCUT2D eigenvalue weighted by atomic mass is 9.97. The minimum absolute atomic E-state index is 0.154. The second-order valence-corrected chi connectivity index (χ2v) is 22.4. The number of nitrogens with zero attached hydrogens (tertiary/aromatic N) is 4. The zero-order chi connectivity index (χ0) is 52.0. The van der Waals surface area contributed by atoms with E-state index in [0.717, 1.165) is 55.9 Å². The Morgan fingerprint density at radius 1 is 0.303 bits per heavy atom. The van der Waals surface area contributed by atoms with Crippen LogP contribution in [0, 0.1) is 0 Å². The van der Waals surface area contributed by atoms with Crippen molar-refractivity contribution >= 4 is 50.6 Å². The molecule has 0 unspecified atom stereocenters. The lowest BCUT2D eigenvalue weighted by Gasteiger charge is -2.34. The maximum absolute atomic E-state index is 14.2. The molecule has 0 saturated carbocycles. The van der Waals surface area contributed by atoms with Crippen molar-refractivity contribution in [3.63, 3.8) is 0 Å². The topological polar surface area (TPSA) is 43.6 Å². The number of para-hydroxylation sites is 1. The van der Waals surface area contributed by atoms with Crippen LogP contribution < -0.4 is 20.7 Å². The summed E-state index contributed by atoms with van der Waals surface area (Å²) in [5.74, 6) is 1.39. The number of alkyl halides is 6. The molecule has 0 aliphatic carbocycles. The van der Waals surface area contributed by atoms with Gasteiger partial charge >= 0.3 is 12.4 Å². The lowest BCUT2D eigenvalue weighted by Crippen LogP contribution is -2.74. The summed E-state index contributed by atoms with van der Waals surface area (Å²) in [6, 6.07) is 80.5. The third-order valence-corrected chi connectivity index (χ3v) is 18.8. The van der Waals surface area contributed by atoms with E-state index in [2.05, 4.69) is 103 Å². The molecule has 0 amide bonds. The summed E-state index contributed by atoms with van der Waals surface area (Å²) in [7, 11) is -3.06. The van der Waals surface area contributed by atoms with Crippen molar-refractivity contribution in [2.45, 2.75) is 12.4 Å². The minimum Gasteiger partial charge on any atom is -0.309 e. The first kappa shape index (κ1) is 47.8. The van der Waals surface area contributed by atoms with Crippen LogP contribution in [0.3, 0.4) is 0 Å². The van der Waals surface area contributed by atoms with Crippen molar-refractivity contribution < 1.29 is 26.3 Å². The molecular formula is C65H42F6N4Si. The fourth-order valence-electron chi connectivity index (χ4n) is 10.6. The van der Waals surface area contributed by atoms with E-state index in [9.17, 15) is 26.3 Å². The summed E-state index contributed by atoms with van der Waals surface area (Å²) in [5.41, 5.74) is 3.20. The Balaban J connectivity index is 1.14. The van der Waals surface area contributed by atoms with Gasteiger partial charge in [-0.1, -0.05) is 206 Å². The molecule has 0 atom stereocenters. The summed E-state index contributed by atoms with van der Waals surface area (Å²) >= 11 is 0. The molecule has 76 heavy (non-hydrogen) atoms. The van der Waals surface area contributed by atoms with E-state index in [4.69, 9.17) is 15.0 Å². The Labute approximate surface area is 434 Å². The highest BCUT2D eigenvalue weighted by molar-refractivity contribution is 7.19. The highest BCUT2D eigenvalue weighted by Gasteiger charge is 2.42. The number of hydrogen-bond donors (Lipinski definition) is 0. The number of halogens is 6. The fraction of sp³-hybridized carbons (Fsp3) is 0.0308. The molecular weight excluding hydrogens is 979 g/mol. The van der Waals surface area contributed by atoms with Gasteiger partial charge in [0, 0.05) is 33.2 Å². The van der Waals surface area contributed by atoms with Gasteiger partial charge in [0.15, 0.2) is 25.5 Å². The first-order chi connectivity index (χ1) is 36.9. The van der Waals surface area contributed by atoms with Crippen LogP contribution in [0.1, 0.15) is 11.1 Å². The summed E-state index contributed by atoms with van der Waals surface area (Å²) in [6.07, 6.45) is -10.0. The normalized spacial score (nSPS) is 12.1. The van der Waals surface area contributed by atoms with Gasteiger partial charge in [0.1, 0.15) is 0 Å². The monoisotopic (exact) mass is 1020 g/mol. The SMILES string of the molecule is FC(F)(F)c1cc(-c2ccc3c4ccccc4n(-c4ccc(-c5nc(-c6ccccc6)nc(-c6ccccc6)n5)c(-c5cccc([Si](c6ccccc6)(c6ccccc6)c6ccccc6)c5)c4)c3c2)cc(C(F)(F)F)c1. The van der Waals surface area contributed by atoms with Crippen LogP contribution in [0.25, 0.3) is 83.9 Å². The highest BCUT2D eigenvalue weighted by atomic mass is 28.3. The standard InChI is InChI=1S/C65H42F6N4Si/c66-64(67,68)48-37-47(38-49(41-48)65(69,70)71)45-33-35-56-55-31-16-17-32-59(55)75(60(56)40-45)50-34-36-57(63-73-61(43-19-6-1-7-20-43)72-62(74-63)44-21-8-2-9-22-44)58(42-50)46-23-18-30-54(39-46)76(51-24-10-3-11-25-51,52-26-12-4-13-27-52)53-28-14-5-15-29-53/h1-42H. The van der Waals surface area contributed by atoms with Crippen LogP contribution in [0.2, 0.25) is 0 Å². The summed E-state index contributed by atoms with van der Waals surface area (Å²) in [6.45, 7) is 0. The van der Waals surface area contributed by atoms with Crippen LogP contribution in [0.5, 0.6) is 0 Å². The quantitative estimate of drug-likeness (QED) is 0.0779. The van der Waals surface area contributed by atoms with Crippen molar-refractivity contribution in [3.8, 4) is 62.1 Å². The van der Waals surface area contributed by atoms with Crippen LogP contribution in [0.4, 0.5) is 26.3 Å². The fourth-order valence-corrected chi connectivity index (χ4v) is 15.4. The maximum Gasteiger partial charge on any atom is 0.416 e. The smallest absolute Gasteiger partial charge is 0.309 e. The Kier molecular flexibility index (Phi) is 12.1. The van der Waals surface area contributed by atoms with E-state index in [1.807, 2.05) is 120 Å². The molecule has 0 spiro atoms. The third-order valence-electron chi connectivity index (χ3n) is 14.0. The molecule has 2 heterocycles. The first-order valence-corrected chi connectivity index (χ1v) is 26.6. The molecule has 11 heteroatoms. The predicted molar refractivity (Wildman–Crippen MR) is 295 cm³/mol. The summed E-state index contributed by atoms with van der Waals surface area (Å²) in [4.78, 5) is 15.4. The van der Waals surface area contributed by atoms with Crippen molar-refractivity contribution in [2.75, 3.05) is 0 Å². The van der Waals surface area contributed by atoms with E-state index in [1.165, 1.54) is 15.6 Å². The molecule has 0 saturated heterocycles. The van der Waals surface area contributed by atoms with Crippen LogP contribution in [-0.4, -0.2) is 27.6 Å². The van der Waals surface area contributed by atoms with Gasteiger partial charge in [0.05, 0.1) is 22.2 Å². The molecule has 0 bridgehead atoms. The lowest BCUT2D eigenvalue weighted by molar-refractivity contribution is -0.143. The van der Waals surface area contributed by atoms with Gasteiger partial charge in [-0.25, -0.2) is 15.0 Å². The zero-order valence-corrected chi connectivity index (χ0v) is 41.3. The van der Waals surface area contributed by atoms with Gasteiger partial charge in [0.2, 0.25) is 0 Å². The molecule has 0 radical (unpaired) electrons. The number of aromatic nitrogens is 4. The van der Waals surface area contributed by atoms with E-state index in [1.54, 1.807) is 18.2 Å². The molecule has 2 aromatic heterocycles. The predicted octanol–water partition coefficient (Wildman–Crippen LogP) is 14.7. The Morgan fingerprint density at radius 2 is 0.763 bits per heavy atom. The Hall–Kier alpha value is -9.19. The number of hydrogen-bond acceptors (Lipinski definition) is 3. The molecule has 0 aliphatic heterocycles. The van der Waals surface area contributed by atoms with E-state index in [0.29, 0.717) is 34.2 Å². The van der Waals surface area contributed by atoms with Crippen molar-refractivity contribution in [3.05, 3.63) is 266 Å².